The number of fused-ring (bicyclic) bond motifs is 2. The number of aromatic nitrogens is 3. The van der Waals surface area contributed by atoms with E-state index < -0.39 is 12.1 Å². The monoisotopic (exact) mass is 422 g/mol. The molecule has 0 amide bonds. The van der Waals surface area contributed by atoms with Crippen molar-refractivity contribution in [2.75, 3.05) is 13.2 Å². The zero-order valence-electron chi connectivity index (χ0n) is 16.2. The van der Waals surface area contributed by atoms with E-state index in [1.807, 2.05) is 22.9 Å². The van der Waals surface area contributed by atoms with Crippen LogP contribution >= 0.6 is 0 Å². The van der Waals surface area contributed by atoms with Gasteiger partial charge in [0, 0.05) is 19.0 Å². The number of halogens is 3. The summed E-state index contributed by atoms with van der Waals surface area (Å²) in [6, 6.07) is 14.8. The Balaban J connectivity index is 0.000000318. The summed E-state index contributed by atoms with van der Waals surface area (Å²) < 4.78 is 39.3. The summed E-state index contributed by atoms with van der Waals surface area (Å²) >= 11 is 0. The molecule has 3 aromatic rings. The van der Waals surface area contributed by atoms with E-state index in [0.717, 1.165) is 42.9 Å². The van der Waals surface area contributed by atoms with Gasteiger partial charge in [0.15, 0.2) is 0 Å². The van der Waals surface area contributed by atoms with Crippen LogP contribution in [0.4, 0.5) is 13.2 Å². The largest absolute Gasteiger partial charge is 0.493 e. The molecule has 1 atom stereocenters. The van der Waals surface area contributed by atoms with Crippen LogP contribution in [-0.4, -0.2) is 45.4 Å². The van der Waals surface area contributed by atoms with Gasteiger partial charge in [-0.3, -0.25) is 0 Å². The number of hydrogen-bond donors (Lipinski definition) is 2. The van der Waals surface area contributed by atoms with Crippen molar-refractivity contribution >= 4 is 17.0 Å². The van der Waals surface area contributed by atoms with Gasteiger partial charge in [-0.15, -0.1) is 5.10 Å². The molecule has 0 saturated carbocycles. The molecule has 0 bridgehead atoms. The summed E-state index contributed by atoms with van der Waals surface area (Å²) in [5, 5.41) is 19.1. The molecule has 7 nitrogen and oxygen atoms in total. The highest BCUT2D eigenvalue weighted by molar-refractivity contribution is 5.74. The minimum atomic E-state index is -5.08. The molecule has 0 aliphatic carbocycles. The third-order valence-electron chi connectivity index (χ3n) is 4.65. The number of para-hydroxylation sites is 1. The topological polar surface area (TPSA) is 89.3 Å². The van der Waals surface area contributed by atoms with Gasteiger partial charge in [0.05, 0.1) is 18.7 Å². The summed E-state index contributed by atoms with van der Waals surface area (Å²) in [6.45, 7) is 4.65. The second kappa shape index (κ2) is 9.12. The fourth-order valence-electron chi connectivity index (χ4n) is 3.06. The number of nitrogens with one attached hydrogen (secondary N) is 1. The second-order valence-corrected chi connectivity index (χ2v) is 6.75. The molecule has 1 aliphatic rings. The number of aliphatic carboxylic acids is 1. The van der Waals surface area contributed by atoms with E-state index in [9.17, 15) is 13.2 Å². The van der Waals surface area contributed by atoms with Crippen molar-refractivity contribution in [1.82, 2.24) is 20.3 Å². The van der Waals surface area contributed by atoms with Gasteiger partial charge in [0.2, 0.25) is 0 Å². The van der Waals surface area contributed by atoms with E-state index in [1.165, 1.54) is 11.1 Å². The quantitative estimate of drug-likeness (QED) is 0.656. The summed E-state index contributed by atoms with van der Waals surface area (Å²) in [6.07, 6.45) is -4.07. The van der Waals surface area contributed by atoms with Crippen LogP contribution in [0.3, 0.4) is 0 Å². The lowest BCUT2D eigenvalue weighted by Gasteiger charge is -2.15. The molecule has 0 fully saturated rings. The van der Waals surface area contributed by atoms with Gasteiger partial charge >= 0.3 is 12.1 Å². The second-order valence-electron chi connectivity index (χ2n) is 6.75. The summed E-state index contributed by atoms with van der Waals surface area (Å²) in [4.78, 5) is 8.90. The Bertz CT molecular complexity index is 1020. The minimum absolute atomic E-state index is 0.302. The number of hydrogen-bond acceptors (Lipinski definition) is 5. The number of alkyl halides is 3. The normalized spacial score (nSPS) is 13.9. The van der Waals surface area contributed by atoms with E-state index >= 15 is 0 Å². The number of nitrogens with zero attached hydrogens (tertiary/aromatic N) is 3. The Hall–Kier alpha value is -3.14. The van der Waals surface area contributed by atoms with Crippen molar-refractivity contribution in [2.45, 2.75) is 32.1 Å². The third-order valence-corrected chi connectivity index (χ3v) is 4.65. The van der Waals surface area contributed by atoms with Gasteiger partial charge in [0.25, 0.3) is 0 Å². The van der Waals surface area contributed by atoms with Gasteiger partial charge in [-0.05, 0) is 36.2 Å². The van der Waals surface area contributed by atoms with Crippen molar-refractivity contribution in [1.29, 1.82) is 0 Å². The minimum Gasteiger partial charge on any atom is -0.493 e. The van der Waals surface area contributed by atoms with Gasteiger partial charge in [0.1, 0.15) is 11.3 Å². The summed E-state index contributed by atoms with van der Waals surface area (Å²) in [5.41, 5.74) is 4.65. The Morgan fingerprint density at radius 1 is 1.30 bits per heavy atom. The highest BCUT2D eigenvalue weighted by atomic mass is 19.4. The van der Waals surface area contributed by atoms with E-state index in [2.05, 4.69) is 46.8 Å². The van der Waals surface area contributed by atoms with Gasteiger partial charge in [-0.2, -0.15) is 13.2 Å². The Kier molecular flexibility index (Phi) is 6.56. The summed E-state index contributed by atoms with van der Waals surface area (Å²) in [7, 11) is 0. The molecule has 2 heterocycles. The first-order valence-corrected chi connectivity index (χ1v) is 9.33. The molecule has 10 heteroatoms. The van der Waals surface area contributed by atoms with Gasteiger partial charge < -0.3 is 15.2 Å². The molecule has 0 spiro atoms. The zero-order valence-corrected chi connectivity index (χ0v) is 16.2. The van der Waals surface area contributed by atoms with Crippen LogP contribution < -0.4 is 10.1 Å². The maximum atomic E-state index is 10.6. The molecule has 30 heavy (non-hydrogen) atoms. The lowest BCUT2D eigenvalue weighted by Crippen LogP contribution is -2.23. The molecule has 2 aromatic carbocycles. The average Bonchev–Trinajstić information content (AvgIpc) is 3.34. The molecule has 1 aromatic heterocycles. The highest BCUT2D eigenvalue weighted by Gasteiger charge is 2.38. The van der Waals surface area contributed by atoms with Crippen molar-refractivity contribution < 1.29 is 27.8 Å². The maximum absolute atomic E-state index is 10.6. The number of ether oxygens (including phenoxy) is 1. The van der Waals surface area contributed by atoms with Crippen LogP contribution in [0.5, 0.6) is 5.75 Å². The Morgan fingerprint density at radius 2 is 2.03 bits per heavy atom. The molecule has 2 N–H and O–H groups in total. The number of carbonyl (C=O) groups is 1. The van der Waals surface area contributed by atoms with E-state index in [1.54, 1.807) is 0 Å². The number of rotatable bonds is 5. The smallest absolute Gasteiger partial charge is 0.490 e. The first-order chi connectivity index (χ1) is 14.3. The van der Waals surface area contributed by atoms with Crippen LogP contribution in [0.25, 0.3) is 11.0 Å². The first kappa shape index (κ1) is 21.6. The molecular weight excluding hydrogens is 401 g/mol. The fourth-order valence-corrected chi connectivity index (χ4v) is 3.06. The van der Waals surface area contributed by atoms with Crippen molar-refractivity contribution in [3.05, 3.63) is 53.6 Å². The van der Waals surface area contributed by atoms with Crippen LogP contribution in [0.15, 0.2) is 42.5 Å². The van der Waals surface area contributed by atoms with E-state index in [0.29, 0.717) is 6.04 Å². The summed E-state index contributed by atoms with van der Waals surface area (Å²) in [5.74, 6) is -1.72. The Morgan fingerprint density at radius 3 is 2.77 bits per heavy atom. The number of carboxylic acids is 1. The standard InChI is InChI=1S/C18H20N4O.C2HF3O2/c1-13(14-6-7-18-15(12-14)8-11-23-18)19-9-10-22-17-5-3-2-4-16(17)20-21-22;3-2(4,5)1(6)7/h2-7,12-13,19H,8-11H2,1H3;(H,6,7). The van der Waals surface area contributed by atoms with E-state index in [-0.39, 0.29) is 0 Å². The van der Waals surface area contributed by atoms with Crippen molar-refractivity contribution in [3.63, 3.8) is 0 Å². The number of carboxylic acid groups (broad SMARTS) is 1. The number of benzene rings is 2. The predicted octanol–water partition coefficient (Wildman–Crippen LogP) is 3.35. The average molecular weight is 422 g/mol. The van der Waals surface area contributed by atoms with Gasteiger partial charge in [-0.1, -0.05) is 29.5 Å². The molecule has 160 valence electrons. The SMILES string of the molecule is CC(NCCn1nnc2ccccc21)c1ccc2c(c1)CCO2.O=C(O)C(F)(F)F. The molecule has 1 aliphatic heterocycles. The lowest BCUT2D eigenvalue weighted by atomic mass is 10.0. The molecule has 1 unspecified atom stereocenters. The third kappa shape index (κ3) is 5.26. The van der Waals surface area contributed by atoms with Crippen LogP contribution in [0, 0.1) is 0 Å². The maximum Gasteiger partial charge on any atom is 0.490 e. The zero-order chi connectivity index (χ0) is 21.7. The van der Waals surface area contributed by atoms with Crippen LogP contribution in [-0.2, 0) is 17.8 Å². The first-order valence-electron chi connectivity index (χ1n) is 9.33. The van der Waals surface area contributed by atoms with Crippen LogP contribution in [0.1, 0.15) is 24.1 Å². The van der Waals surface area contributed by atoms with Gasteiger partial charge in [-0.25, -0.2) is 9.48 Å². The van der Waals surface area contributed by atoms with Crippen molar-refractivity contribution in [2.24, 2.45) is 0 Å². The molecule has 0 saturated heterocycles. The molecule has 0 radical (unpaired) electrons. The predicted molar refractivity (Wildman–Crippen MR) is 103 cm³/mol. The lowest BCUT2D eigenvalue weighted by molar-refractivity contribution is -0.192. The highest BCUT2D eigenvalue weighted by Crippen LogP contribution is 2.28. The molecule has 4 rings (SSSR count). The Labute approximate surface area is 170 Å². The van der Waals surface area contributed by atoms with Crippen LogP contribution in [0.2, 0.25) is 0 Å². The molecular formula is C20H21F3N4O3. The van der Waals surface area contributed by atoms with Crippen molar-refractivity contribution in [3.8, 4) is 5.75 Å². The van der Waals surface area contributed by atoms with E-state index in [4.69, 9.17) is 14.6 Å². The fraction of sp³-hybridized carbons (Fsp3) is 0.350.